The summed E-state index contributed by atoms with van der Waals surface area (Å²) < 4.78 is 37.5. The van der Waals surface area contributed by atoms with Crippen LogP contribution in [-0.4, -0.2) is 28.0 Å². The lowest BCUT2D eigenvalue weighted by Gasteiger charge is -2.13. The van der Waals surface area contributed by atoms with Crippen LogP contribution in [0.4, 0.5) is 24.5 Å². The van der Waals surface area contributed by atoms with Gasteiger partial charge in [0, 0.05) is 11.8 Å². The number of halogens is 3. The van der Waals surface area contributed by atoms with Crippen LogP contribution in [0.2, 0.25) is 0 Å². The van der Waals surface area contributed by atoms with Gasteiger partial charge in [-0.15, -0.1) is 0 Å². The van der Waals surface area contributed by atoms with E-state index in [4.69, 9.17) is 0 Å². The molecule has 0 aromatic carbocycles. The van der Waals surface area contributed by atoms with E-state index in [0.717, 1.165) is 0 Å². The molecular weight excluding hydrogens is 283 g/mol. The number of pyridine rings is 1. The Hall–Kier alpha value is -1.51. The molecule has 0 aliphatic heterocycles. The van der Waals surface area contributed by atoms with E-state index in [1.807, 2.05) is 13.2 Å². The van der Waals surface area contributed by atoms with E-state index in [0.29, 0.717) is 18.8 Å². The Morgan fingerprint density at radius 1 is 1.58 bits per heavy atom. The average molecular weight is 295 g/mol. The van der Waals surface area contributed by atoms with Crippen LogP contribution >= 0.6 is 11.8 Å². The summed E-state index contributed by atoms with van der Waals surface area (Å²) in [6.07, 6.45) is -2.17. The van der Waals surface area contributed by atoms with E-state index < -0.39 is 22.5 Å². The van der Waals surface area contributed by atoms with E-state index in [-0.39, 0.29) is 10.9 Å². The number of anilines is 1. The van der Waals surface area contributed by atoms with Gasteiger partial charge in [-0.05, 0) is 12.3 Å². The molecule has 0 saturated carbocycles. The number of nitrogens with one attached hydrogen (secondary N) is 1. The van der Waals surface area contributed by atoms with E-state index in [1.54, 1.807) is 0 Å². The van der Waals surface area contributed by atoms with Crippen LogP contribution in [-0.2, 0) is 6.18 Å². The van der Waals surface area contributed by atoms with Crippen molar-refractivity contribution in [3.63, 3.8) is 0 Å². The molecule has 1 aromatic rings. The van der Waals surface area contributed by atoms with Gasteiger partial charge in [0.15, 0.2) is 0 Å². The molecule has 1 heterocycles. The number of rotatable bonds is 5. The molecular formula is C10H12F3N3O2S. The lowest BCUT2D eigenvalue weighted by molar-refractivity contribution is -0.384. The number of nitro groups is 1. The molecule has 0 spiro atoms. The maximum atomic E-state index is 12.5. The number of thioether (sulfide) groups is 1. The molecule has 0 aliphatic carbocycles. The maximum Gasteiger partial charge on any atom is 0.433 e. The average Bonchev–Trinajstić information content (AvgIpc) is 2.34. The number of aromatic nitrogens is 1. The highest BCUT2D eigenvalue weighted by molar-refractivity contribution is 7.99. The van der Waals surface area contributed by atoms with Crippen molar-refractivity contribution in [3.8, 4) is 0 Å². The van der Waals surface area contributed by atoms with Crippen molar-refractivity contribution in [2.24, 2.45) is 0 Å². The van der Waals surface area contributed by atoms with Crippen molar-refractivity contribution in [2.45, 2.75) is 18.3 Å². The Bertz CT molecular complexity index is 468. The van der Waals surface area contributed by atoms with Crippen LogP contribution in [0, 0.1) is 10.1 Å². The van der Waals surface area contributed by atoms with Gasteiger partial charge >= 0.3 is 11.9 Å². The van der Waals surface area contributed by atoms with E-state index in [2.05, 4.69) is 10.3 Å². The summed E-state index contributed by atoms with van der Waals surface area (Å²) in [5.74, 6) is 0. The second-order valence-electron chi connectivity index (χ2n) is 3.77. The quantitative estimate of drug-likeness (QED) is 0.667. The summed E-state index contributed by atoms with van der Waals surface area (Å²) in [5, 5.41) is 13.5. The van der Waals surface area contributed by atoms with Crippen LogP contribution in [0.15, 0.2) is 12.3 Å². The Labute approximate surface area is 111 Å². The van der Waals surface area contributed by atoms with E-state index in [1.165, 1.54) is 11.8 Å². The number of nitrogens with zero attached hydrogens (tertiary/aromatic N) is 2. The smallest absolute Gasteiger partial charge is 0.378 e. The zero-order chi connectivity index (χ0) is 14.6. The van der Waals surface area contributed by atoms with Crippen molar-refractivity contribution in [3.05, 3.63) is 28.1 Å². The summed E-state index contributed by atoms with van der Waals surface area (Å²) in [7, 11) is 0. The van der Waals surface area contributed by atoms with Gasteiger partial charge in [0.1, 0.15) is 17.6 Å². The van der Waals surface area contributed by atoms with Gasteiger partial charge in [0.25, 0.3) is 0 Å². The molecule has 19 heavy (non-hydrogen) atoms. The molecule has 1 atom stereocenters. The molecule has 0 saturated heterocycles. The van der Waals surface area contributed by atoms with Gasteiger partial charge in [-0.2, -0.15) is 24.9 Å². The first-order valence-electron chi connectivity index (χ1n) is 5.24. The molecule has 1 aromatic heterocycles. The van der Waals surface area contributed by atoms with Gasteiger partial charge in [-0.3, -0.25) is 10.1 Å². The normalized spacial score (nSPS) is 13.1. The molecule has 0 fully saturated rings. The number of hydrogen-bond acceptors (Lipinski definition) is 5. The van der Waals surface area contributed by atoms with Crippen LogP contribution < -0.4 is 5.32 Å². The van der Waals surface area contributed by atoms with Gasteiger partial charge in [0.05, 0.1) is 4.92 Å². The SMILES string of the molecule is CSC(C)CNc1cc(C(F)(F)F)ncc1[N+](=O)[O-]. The zero-order valence-corrected chi connectivity index (χ0v) is 11.0. The summed E-state index contributed by atoms with van der Waals surface area (Å²) in [5.41, 5.74) is -1.80. The predicted molar refractivity (Wildman–Crippen MR) is 67.4 cm³/mol. The van der Waals surface area contributed by atoms with Crippen molar-refractivity contribution in [1.29, 1.82) is 0 Å². The van der Waals surface area contributed by atoms with Crippen molar-refractivity contribution >= 4 is 23.1 Å². The first-order chi connectivity index (χ1) is 8.75. The minimum atomic E-state index is -4.63. The van der Waals surface area contributed by atoms with Crippen LogP contribution in [0.5, 0.6) is 0 Å². The van der Waals surface area contributed by atoms with Crippen molar-refractivity contribution < 1.29 is 18.1 Å². The second kappa shape index (κ2) is 6.09. The van der Waals surface area contributed by atoms with Crippen LogP contribution in [0.3, 0.4) is 0 Å². The molecule has 0 bridgehead atoms. The fourth-order valence-electron chi connectivity index (χ4n) is 1.23. The van der Waals surface area contributed by atoms with Gasteiger partial charge in [-0.1, -0.05) is 6.92 Å². The Morgan fingerprint density at radius 2 is 2.21 bits per heavy atom. The summed E-state index contributed by atoms with van der Waals surface area (Å²) >= 11 is 1.50. The Balaban J connectivity index is 3.06. The Kier molecular flexibility index (Phi) is 4.98. The molecule has 106 valence electrons. The molecule has 9 heteroatoms. The highest BCUT2D eigenvalue weighted by atomic mass is 32.2. The fourth-order valence-corrected chi connectivity index (χ4v) is 1.48. The summed E-state index contributed by atoms with van der Waals surface area (Å²) in [6.45, 7) is 2.18. The monoisotopic (exact) mass is 295 g/mol. The topological polar surface area (TPSA) is 68.1 Å². The third-order valence-electron chi connectivity index (χ3n) is 2.35. The third kappa shape index (κ3) is 4.27. The first kappa shape index (κ1) is 15.5. The van der Waals surface area contributed by atoms with Crippen molar-refractivity contribution in [1.82, 2.24) is 4.98 Å². The molecule has 1 N–H and O–H groups in total. The first-order valence-corrected chi connectivity index (χ1v) is 6.52. The highest BCUT2D eigenvalue weighted by Gasteiger charge is 2.34. The minimum absolute atomic E-state index is 0.113. The van der Waals surface area contributed by atoms with Crippen LogP contribution in [0.25, 0.3) is 0 Å². The standard InChI is InChI=1S/C10H12F3N3O2S/c1-6(19-2)4-14-7-3-9(10(11,12)13)15-5-8(7)16(17)18/h3,5-6H,4H2,1-2H3,(H,14,15). The number of hydrogen-bond donors (Lipinski definition) is 1. The highest BCUT2D eigenvalue weighted by Crippen LogP contribution is 2.32. The minimum Gasteiger partial charge on any atom is -0.378 e. The van der Waals surface area contributed by atoms with Crippen molar-refractivity contribution in [2.75, 3.05) is 18.1 Å². The fraction of sp³-hybridized carbons (Fsp3) is 0.500. The molecule has 5 nitrogen and oxygen atoms in total. The largest absolute Gasteiger partial charge is 0.433 e. The van der Waals surface area contributed by atoms with Gasteiger partial charge in [-0.25, -0.2) is 4.98 Å². The molecule has 0 aliphatic rings. The van der Waals surface area contributed by atoms with Gasteiger partial charge < -0.3 is 5.32 Å². The molecule has 1 unspecified atom stereocenters. The molecule has 1 rings (SSSR count). The second-order valence-corrected chi connectivity index (χ2v) is 5.04. The zero-order valence-electron chi connectivity index (χ0n) is 10.2. The van der Waals surface area contributed by atoms with E-state index >= 15 is 0 Å². The summed E-state index contributed by atoms with van der Waals surface area (Å²) in [4.78, 5) is 13.0. The lowest BCUT2D eigenvalue weighted by Crippen LogP contribution is -2.15. The van der Waals surface area contributed by atoms with Gasteiger partial charge in [0.2, 0.25) is 0 Å². The third-order valence-corrected chi connectivity index (χ3v) is 3.32. The van der Waals surface area contributed by atoms with Crippen LogP contribution in [0.1, 0.15) is 12.6 Å². The lowest BCUT2D eigenvalue weighted by atomic mass is 10.2. The molecule has 0 amide bonds. The Morgan fingerprint density at radius 3 is 2.68 bits per heavy atom. The maximum absolute atomic E-state index is 12.5. The summed E-state index contributed by atoms with van der Waals surface area (Å²) in [6, 6.07) is 0.658. The number of alkyl halides is 3. The molecule has 0 radical (unpaired) electrons. The van der Waals surface area contributed by atoms with E-state index in [9.17, 15) is 23.3 Å². The predicted octanol–water partition coefficient (Wildman–Crippen LogP) is 3.17.